The summed E-state index contributed by atoms with van der Waals surface area (Å²) in [4.78, 5) is 9.74. The third-order valence-electron chi connectivity index (χ3n) is 0.712. The molecule has 2 nitrogen and oxygen atoms in total. The molecule has 1 atom stereocenters. The van der Waals surface area contributed by atoms with Gasteiger partial charge in [0.1, 0.15) is 6.29 Å². The first-order valence-electron chi connectivity index (χ1n) is 2.31. The minimum absolute atomic E-state index is 0.294. The molecule has 0 rings (SSSR count). The van der Waals surface area contributed by atoms with Crippen LogP contribution in [0.15, 0.2) is 0 Å². The Morgan fingerprint density at radius 3 is 2.57 bits per heavy atom. The molecule has 0 aromatic rings. The lowest BCUT2D eigenvalue weighted by Crippen LogP contribution is -2.20. The van der Waals surface area contributed by atoms with Gasteiger partial charge >= 0.3 is 0 Å². The Bertz CT molecular complexity index is 54.0. The van der Waals surface area contributed by atoms with Gasteiger partial charge in [-0.25, -0.2) is 0 Å². The molecule has 0 heterocycles. The molecule has 0 saturated heterocycles. The van der Waals surface area contributed by atoms with E-state index in [9.17, 15) is 4.79 Å². The lowest BCUT2D eigenvalue weighted by Gasteiger charge is -1.95. The number of nitrogens with two attached hydrogens (primary N) is 1. The number of aldehydes is 1. The molecule has 7 heavy (non-hydrogen) atoms. The second-order valence-corrected chi connectivity index (χ2v) is 1.44. The van der Waals surface area contributed by atoms with E-state index in [0.717, 1.165) is 12.7 Å². The van der Waals surface area contributed by atoms with E-state index in [1.54, 1.807) is 0 Å². The van der Waals surface area contributed by atoms with Gasteiger partial charge in [-0.15, -0.1) is 0 Å². The van der Waals surface area contributed by atoms with Gasteiger partial charge in [-0.3, -0.25) is 0 Å². The average Bonchev–Trinajstić information content (AvgIpc) is 1.68. The topological polar surface area (TPSA) is 43.1 Å². The van der Waals surface area contributed by atoms with E-state index in [1.807, 2.05) is 0 Å². The van der Waals surface area contributed by atoms with E-state index >= 15 is 0 Å². The lowest BCUT2D eigenvalue weighted by molar-refractivity contribution is -0.109. The van der Waals surface area contributed by atoms with Crippen molar-refractivity contribution >= 4 is 6.29 Å². The van der Waals surface area contributed by atoms with Crippen LogP contribution in [0.25, 0.3) is 0 Å². The summed E-state index contributed by atoms with van der Waals surface area (Å²) >= 11 is 0. The zero-order valence-electron chi connectivity index (χ0n) is 4.26. The van der Waals surface area contributed by atoms with Crippen molar-refractivity contribution in [1.29, 1.82) is 0 Å². The van der Waals surface area contributed by atoms with E-state index in [1.165, 1.54) is 0 Å². The Hall–Kier alpha value is -0.370. The smallest absolute Gasteiger partial charge is 0.136 e. The van der Waals surface area contributed by atoms with Crippen molar-refractivity contribution in [2.45, 2.75) is 18.9 Å². The molecule has 0 aliphatic rings. The van der Waals surface area contributed by atoms with E-state index in [4.69, 9.17) is 5.73 Å². The van der Waals surface area contributed by atoms with Crippen molar-refractivity contribution in [3.8, 4) is 0 Å². The fraction of sp³-hybridized carbons (Fsp3) is 0.600. The summed E-state index contributed by atoms with van der Waals surface area (Å²) < 4.78 is 0. The Kier molecular flexibility index (Phi) is 3.61. The summed E-state index contributed by atoms with van der Waals surface area (Å²) in [5.74, 6) is 0. The molecule has 41 valence electrons. The fourth-order valence-electron chi connectivity index (χ4n) is 0.304. The first-order chi connectivity index (χ1) is 3.31. The second-order valence-electron chi connectivity index (χ2n) is 1.44. The maximum Gasteiger partial charge on any atom is 0.136 e. The highest BCUT2D eigenvalue weighted by molar-refractivity contribution is 5.56. The summed E-state index contributed by atoms with van der Waals surface area (Å²) in [6.07, 6.45) is 2.18. The van der Waals surface area contributed by atoms with E-state index in [2.05, 4.69) is 6.92 Å². The van der Waals surface area contributed by atoms with E-state index in [0.29, 0.717) is 6.42 Å². The molecular formula is C5H10NO. The van der Waals surface area contributed by atoms with Gasteiger partial charge in [0.2, 0.25) is 0 Å². The van der Waals surface area contributed by atoms with Gasteiger partial charge in [0.15, 0.2) is 0 Å². The molecule has 0 bridgehead atoms. The van der Waals surface area contributed by atoms with Crippen molar-refractivity contribution < 1.29 is 4.79 Å². The van der Waals surface area contributed by atoms with Crippen LogP contribution >= 0.6 is 0 Å². The standard InChI is InChI=1S/C5H10NO/c1-2-3-5(6)4-7/h4-5H,1-3,6H2. The van der Waals surface area contributed by atoms with Crippen molar-refractivity contribution in [1.82, 2.24) is 0 Å². The van der Waals surface area contributed by atoms with Crippen molar-refractivity contribution in [2.75, 3.05) is 0 Å². The van der Waals surface area contributed by atoms with Gasteiger partial charge in [-0.05, 0) is 6.42 Å². The SMILES string of the molecule is [CH2]CCC(N)C=O. The number of hydrogen-bond donors (Lipinski definition) is 1. The average molecular weight is 100 g/mol. The third-order valence-corrected chi connectivity index (χ3v) is 0.712. The minimum atomic E-state index is -0.294. The Labute approximate surface area is 43.7 Å². The molecule has 2 heteroatoms. The highest BCUT2D eigenvalue weighted by atomic mass is 16.1. The predicted octanol–water partition coefficient (Wildman–Crippen LogP) is 0.127. The first kappa shape index (κ1) is 6.63. The maximum atomic E-state index is 9.74. The van der Waals surface area contributed by atoms with Crippen LogP contribution in [0, 0.1) is 6.92 Å². The highest BCUT2D eigenvalue weighted by Crippen LogP contribution is 1.86. The van der Waals surface area contributed by atoms with Crippen LogP contribution in [0.1, 0.15) is 12.8 Å². The van der Waals surface area contributed by atoms with Crippen molar-refractivity contribution in [3.05, 3.63) is 6.92 Å². The summed E-state index contributed by atoms with van der Waals surface area (Å²) in [7, 11) is 0. The van der Waals surface area contributed by atoms with E-state index < -0.39 is 0 Å². The first-order valence-corrected chi connectivity index (χ1v) is 2.31. The van der Waals surface area contributed by atoms with Crippen molar-refractivity contribution in [3.63, 3.8) is 0 Å². The van der Waals surface area contributed by atoms with Gasteiger partial charge in [0.25, 0.3) is 0 Å². The number of carbonyl (C=O) groups excluding carboxylic acids is 1. The number of carbonyl (C=O) groups is 1. The molecule has 0 aliphatic heterocycles. The lowest BCUT2D eigenvalue weighted by atomic mass is 10.2. The fourth-order valence-corrected chi connectivity index (χ4v) is 0.304. The number of rotatable bonds is 3. The van der Waals surface area contributed by atoms with Gasteiger partial charge in [0, 0.05) is 0 Å². The van der Waals surface area contributed by atoms with Crippen molar-refractivity contribution in [2.24, 2.45) is 5.73 Å². The van der Waals surface area contributed by atoms with E-state index in [-0.39, 0.29) is 6.04 Å². The Morgan fingerprint density at radius 2 is 2.43 bits per heavy atom. The molecule has 0 aromatic heterocycles. The third kappa shape index (κ3) is 3.46. The largest absolute Gasteiger partial charge is 0.322 e. The quantitative estimate of drug-likeness (QED) is 0.512. The zero-order chi connectivity index (χ0) is 5.70. The van der Waals surface area contributed by atoms with Crippen LogP contribution in [0.5, 0.6) is 0 Å². The van der Waals surface area contributed by atoms with Crippen LogP contribution in [0.4, 0.5) is 0 Å². The summed E-state index contributed by atoms with van der Waals surface area (Å²) in [6, 6.07) is -0.294. The summed E-state index contributed by atoms with van der Waals surface area (Å²) in [5, 5.41) is 0. The van der Waals surface area contributed by atoms with Gasteiger partial charge < -0.3 is 10.5 Å². The van der Waals surface area contributed by atoms with Gasteiger partial charge in [0.05, 0.1) is 6.04 Å². The van der Waals surface area contributed by atoms with Gasteiger partial charge in [-0.1, -0.05) is 13.3 Å². The maximum absolute atomic E-state index is 9.74. The zero-order valence-corrected chi connectivity index (χ0v) is 4.26. The minimum Gasteiger partial charge on any atom is -0.322 e. The van der Waals surface area contributed by atoms with Crippen LogP contribution < -0.4 is 5.73 Å². The molecule has 2 N–H and O–H groups in total. The van der Waals surface area contributed by atoms with Gasteiger partial charge in [-0.2, -0.15) is 0 Å². The molecule has 1 radical (unpaired) electrons. The predicted molar refractivity (Wildman–Crippen MR) is 28.6 cm³/mol. The normalized spacial score (nSPS) is 13.4. The second kappa shape index (κ2) is 3.81. The molecule has 0 aliphatic carbocycles. The highest BCUT2D eigenvalue weighted by Gasteiger charge is 1.93. The molecular weight excluding hydrogens is 90.1 g/mol. The molecule has 1 unspecified atom stereocenters. The summed E-state index contributed by atoms with van der Waals surface area (Å²) in [6.45, 7) is 3.53. The molecule has 0 fully saturated rings. The van der Waals surface area contributed by atoms with Crippen LogP contribution in [-0.4, -0.2) is 12.3 Å². The Balaban J connectivity index is 2.98. The Morgan fingerprint density at radius 1 is 1.86 bits per heavy atom. The molecule has 0 spiro atoms. The molecule has 0 aromatic carbocycles. The molecule has 0 amide bonds. The monoisotopic (exact) mass is 100 g/mol. The van der Waals surface area contributed by atoms with Crippen LogP contribution in [-0.2, 0) is 4.79 Å². The number of hydrogen-bond acceptors (Lipinski definition) is 2. The van der Waals surface area contributed by atoms with Crippen LogP contribution in [0.2, 0.25) is 0 Å². The van der Waals surface area contributed by atoms with Crippen LogP contribution in [0.3, 0.4) is 0 Å². The summed E-state index contributed by atoms with van der Waals surface area (Å²) in [5.41, 5.74) is 5.18. The molecule has 0 saturated carbocycles.